The number of hydrogen-bond acceptors (Lipinski definition) is 3. The minimum atomic E-state index is -0.566. The quantitative estimate of drug-likeness (QED) is 0.831. The van der Waals surface area contributed by atoms with E-state index in [9.17, 15) is 9.59 Å². The van der Waals surface area contributed by atoms with Crippen LogP contribution in [-0.4, -0.2) is 24.1 Å². The van der Waals surface area contributed by atoms with Crippen molar-refractivity contribution in [2.24, 2.45) is 0 Å². The largest absolute Gasteiger partial charge is 0.444 e. The summed E-state index contributed by atoms with van der Waals surface area (Å²) in [5, 5.41) is 5.25. The predicted molar refractivity (Wildman–Crippen MR) is 78.8 cm³/mol. The summed E-state index contributed by atoms with van der Waals surface area (Å²) in [6, 6.07) is 6.63. The molecule has 2 amide bonds. The van der Waals surface area contributed by atoms with Crippen LogP contribution in [0.5, 0.6) is 0 Å². The molecule has 0 aliphatic rings. The van der Waals surface area contributed by atoms with Gasteiger partial charge in [0.05, 0.1) is 0 Å². The summed E-state index contributed by atoms with van der Waals surface area (Å²) in [5.74, 6) is -0.224. The lowest BCUT2D eigenvalue weighted by atomic mass is 10.2. The smallest absolute Gasteiger partial charge is 0.412 e. The molecule has 0 bridgehead atoms. The van der Waals surface area contributed by atoms with Crippen LogP contribution in [0.1, 0.15) is 31.1 Å². The fraction of sp³-hybridized carbons (Fsp3) is 0.333. The first-order valence-electron chi connectivity index (χ1n) is 6.31. The Hall–Kier alpha value is -2.30. The van der Waals surface area contributed by atoms with Crippen LogP contribution in [0.4, 0.5) is 10.5 Å². The minimum Gasteiger partial charge on any atom is -0.444 e. The van der Waals surface area contributed by atoms with Gasteiger partial charge in [0.25, 0.3) is 5.91 Å². The maximum Gasteiger partial charge on any atom is 0.412 e. The predicted octanol–water partition coefficient (Wildman–Crippen LogP) is 2.95. The SMILES string of the molecule is C=CCNC(=O)c1cccc(NC(=O)OC(C)(C)C)c1. The van der Waals surface area contributed by atoms with Gasteiger partial charge < -0.3 is 10.1 Å². The standard InChI is InChI=1S/C15H20N2O3/c1-5-9-16-13(18)11-7-6-8-12(10-11)17-14(19)20-15(2,3)4/h5-8,10H,1,9H2,2-4H3,(H,16,18)(H,17,19). The summed E-state index contributed by atoms with van der Waals surface area (Å²) >= 11 is 0. The molecule has 20 heavy (non-hydrogen) atoms. The van der Waals surface area contributed by atoms with Crippen molar-refractivity contribution in [2.45, 2.75) is 26.4 Å². The molecule has 0 atom stereocenters. The van der Waals surface area contributed by atoms with E-state index in [1.807, 2.05) is 0 Å². The molecule has 0 aliphatic heterocycles. The van der Waals surface area contributed by atoms with Crippen molar-refractivity contribution >= 4 is 17.7 Å². The topological polar surface area (TPSA) is 67.4 Å². The summed E-state index contributed by atoms with van der Waals surface area (Å²) < 4.78 is 5.14. The second-order valence-electron chi connectivity index (χ2n) is 5.21. The van der Waals surface area contributed by atoms with Gasteiger partial charge in [-0.1, -0.05) is 12.1 Å². The van der Waals surface area contributed by atoms with E-state index < -0.39 is 11.7 Å². The van der Waals surface area contributed by atoms with Crippen molar-refractivity contribution in [2.75, 3.05) is 11.9 Å². The summed E-state index contributed by atoms with van der Waals surface area (Å²) in [6.07, 6.45) is 1.04. The number of benzene rings is 1. The second-order valence-corrected chi connectivity index (χ2v) is 5.21. The van der Waals surface area contributed by atoms with E-state index >= 15 is 0 Å². The molecule has 0 saturated carbocycles. The van der Waals surface area contributed by atoms with Crippen molar-refractivity contribution in [1.82, 2.24) is 5.32 Å². The molecular weight excluding hydrogens is 256 g/mol. The number of hydrogen-bond donors (Lipinski definition) is 2. The molecule has 1 rings (SSSR count). The molecule has 1 aromatic rings. The highest BCUT2D eigenvalue weighted by molar-refractivity contribution is 5.96. The fourth-order valence-electron chi connectivity index (χ4n) is 1.43. The third kappa shape index (κ3) is 5.56. The van der Waals surface area contributed by atoms with E-state index in [1.54, 1.807) is 51.1 Å². The first-order valence-corrected chi connectivity index (χ1v) is 6.31. The number of amides is 2. The number of ether oxygens (including phenoxy) is 1. The van der Waals surface area contributed by atoms with Crippen LogP contribution in [0.15, 0.2) is 36.9 Å². The molecular formula is C15H20N2O3. The molecule has 108 valence electrons. The van der Waals surface area contributed by atoms with Gasteiger partial charge in [0, 0.05) is 17.8 Å². The number of carbonyl (C=O) groups is 2. The van der Waals surface area contributed by atoms with E-state index in [1.165, 1.54) is 0 Å². The Balaban J connectivity index is 2.71. The van der Waals surface area contributed by atoms with Gasteiger partial charge in [0.2, 0.25) is 0 Å². The number of anilines is 1. The molecule has 0 radical (unpaired) electrons. The van der Waals surface area contributed by atoms with Crippen molar-refractivity contribution in [3.8, 4) is 0 Å². The van der Waals surface area contributed by atoms with Gasteiger partial charge in [-0.15, -0.1) is 6.58 Å². The lowest BCUT2D eigenvalue weighted by Gasteiger charge is -2.19. The number of nitrogens with one attached hydrogen (secondary N) is 2. The van der Waals surface area contributed by atoms with Gasteiger partial charge in [0.15, 0.2) is 0 Å². The Morgan fingerprint density at radius 1 is 1.35 bits per heavy atom. The van der Waals surface area contributed by atoms with Crippen LogP contribution in [0, 0.1) is 0 Å². The molecule has 1 aromatic carbocycles. The van der Waals surface area contributed by atoms with E-state index in [-0.39, 0.29) is 5.91 Å². The molecule has 5 nitrogen and oxygen atoms in total. The molecule has 0 unspecified atom stereocenters. The normalized spacial score (nSPS) is 10.6. The van der Waals surface area contributed by atoms with Crippen LogP contribution in [0.3, 0.4) is 0 Å². The first kappa shape index (κ1) is 15.8. The van der Waals surface area contributed by atoms with Crippen LogP contribution in [0.2, 0.25) is 0 Å². The average molecular weight is 276 g/mol. The van der Waals surface area contributed by atoms with Crippen molar-refractivity contribution in [3.63, 3.8) is 0 Å². The lowest BCUT2D eigenvalue weighted by molar-refractivity contribution is 0.0635. The maximum absolute atomic E-state index is 11.8. The minimum absolute atomic E-state index is 0.224. The highest BCUT2D eigenvalue weighted by Crippen LogP contribution is 2.13. The van der Waals surface area contributed by atoms with Gasteiger partial charge in [-0.25, -0.2) is 4.79 Å². The highest BCUT2D eigenvalue weighted by Gasteiger charge is 2.16. The highest BCUT2D eigenvalue weighted by atomic mass is 16.6. The molecule has 5 heteroatoms. The average Bonchev–Trinajstić information content (AvgIpc) is 2.33. The summed E-state index contributed by atoms with van der Waals surface area (Å²) in [4.78, 5) is 23.4. The zero-order valence-electron chi connectivity index (χ0n) is 12.0. The van der Waals surface area contributed by atoms with Gasteiger partial charge in [-0.3, -0.25) is 10.1 Å². The summed E-state index contributed by atoms with van der Waals surface area (Å²) in [7, 11) is 0. The van der Waals surface area contributed by atoms with Crippen LogP contribution >= 0.6 is 0 Å². The Kier molecular flexibility index (Phi) is 5.32. The van der Waals surface area contributed by atoms with Gasteiger partial charge in [-0.2, -0.15) is 0 Å². The van der Waals surface area contributed by atoms with E-state index in [2.05, 4.69) is 17.2 Å². The Morgan fingerprint density at radius 3 is 2.65 bits per heavy atom. The van der Waals surface area contributed by atoms with Gasteiger partial charge >= 0.3 is 6.09 Å². The zero-order valence-corrected chi connectivity index (χ0v) is 12.0. The lowest BCUT2D eigenvalue weighted by Crippen LogP contribution is -2.27. The monoisotopic (exact) mass is 276 g/mol. The summed E-state index contributed by atoms with van der Waals surface area (Å²) in [6.45, 7) is 9.27. The van der Waals surface area contributed by atoms with E-state index in [0.717, 1.165) is 0 Å². The van der Waals surface area contributed by atoms with E-state index in [4.69, 9.17) is 4.74 Å². The van der Waals surface area contributed by atoms with Crippen LogP contribution in [0.25, 0.3) is 0 Å². The van der Waals surface area contributed by atoms with Crippen LogP contribution < -0.4 is 10.6 Å². The Labute approximate surface area is 119 Å². The zero-order chi connectivity index (χ0) is 15.2. The molecule has 0 heterocycles. The molecule has 0 spiro atoms. The molecule has 0 aromatic heterocycles. The fourth-order valence-corrected chi connectivity index (χ4v) is 1.43. The number of carbonyl (C=O) groups excluding carboxylic acids is 2. The molecule has 2 N–H and O–H groups in total. The van der Waals surface area contributed by atoms with Crippen molar-refractivity contribution < 1.29 is 14.3 Å². The Morgan fingerprint density at radius 2 is 2.05 bits per heavy atom. The first-order chi connectivity index (χ1) is 9.31. The van der Waals surface area contributed by atoms with Gasteiger partial charge in [0.1, 0.15) is 5.60 Å². The second kappa shape index (κ2) is 6.75. The molecule has 0 saturated heterocycles. The third-order valence-corrected chi connectivity index (χ3v) is 2.18. The van der Waals surface area contributed by atoms with Crippen molar-refractivity contribution in [1.29, 1.82) is 0 Å². The molecule has 0 fully saturated rings. The van der Waals surface area contributed by atoms with Crippen LogP contribution in [-0.2, 0) is 4.74 Å². The third-order valence-electron chi connectivity index (χ3n) is 2.18. The maximum atomic E-state index is 11.8. The number of rotatable bonds is 4. The Bertz CT molecular complexity index is 504. The van der Waals surface area contributed by atoms with Crippen molar-refractivity contribution in [3.05, 3.63) is 42.5 Å². The molecule has 0 aliphatic carbocycles. The summed E-state index contributed by atoms with van der Waals surface area (Å²) in [5.41, 5.74) is 0.397. The van der Waals surface area contributed by atoms with E-state index in [0.29, 0.717) is 17.8 Å². The van der Waals surface area contributed by atoms with Gasteiger partial charge in [-0.05, 0) is 39.0 Å².